The van der Waals surface area contributed by atoms with Gasteiger partial charge in [0.05, 0.1) is 5.92 Å². The first-order valence-corrected chi connectivity index (χ1v) is 7.25. The molecule has 0 saturated heterocycles. The first-order chi connectivity index (χ1) is 9.19. The van der Waals surface area contributed by atoms with Crippen LogP contribution in [0.3, 0.4) is 0 Å². The van der Waals surface area contributed by atoms with Gasteiger partial charge < -0.3 is 10.6 Å². The summed E-state index contributed by atoms with van der Waals surface area (Å²) in [6, 6.07) is 10.4. The lowest BCUT2D eigenvalue weighted by Gasteiger charge is -2.19. The molecule has 0 aliphatic carbocycles. The molecule has 4 heteroatoms. The van der Waals surface area contributed by atoms with Crippen molar-refractivity contribution in [2.45, 2.75) is 45.6 Å². The smallest absolute Gasteiger partial charge is 0.227 e. The van der Waals surface area contributed by atoms with Crippen LogP contribution in [0.5, 0.6) is 0 Å². The molecule has 0 spiro atoms. The van der Waals surface area contributed by atoms with Gasteiger partial charge in [0.15, 0.2) is 0 Å². The highest BCUT2D eigenvalue weighted by Gasteiger charge is 2.19. The molecule has 0 fully saturated rings. The van der Waals surface area contributed by atoms with E-state index in [0.29, 0.717) is 12.6 Å². The van der Waals surface area contributed by atoms with Crippen molar-refractivity contribution >= 4 is 18.3 Å². The summed E-state index contributed by atoms with van der Waals surface area (Å²) in [5.41, 5.74) is 1.11. The summed E-state index contributed by atoms with van der Waals surface area (Å²) in [5.74, 6) is 0.109. The summed E-state index contributed by atoms with van der Waals surface area (Å²) >= 11 is 0. The van der Waals surface area contributed by atoms with Gasteiger partial charge in [0.25, 0.3) is 0 Å². The highest BCUT2D eigenvalue weighted by molar-refractivity contribution is 5.85. The van der Waals surface area contributed by atoms with E-state index in [9.17, 15) is 4.79 Å². The van der Waals surface area contributed by atoms with Crippen molar-refractivity contribution in [2.24, 2.45) is 0 Å². The van der Waals surface area contributed by atoms with E-state index in [4.69, 9.17) is 0 Å². The van der Waals surface area contributed by atoms with Crippen molar-refractivity contribution in [3.8, 4) is 0 Å². The Hall–Kier alpha value is -1.06. The monoisotopic (exact) mass is 298 g/mol. The summed E-state index contributed by atoms with van der Waals surface area (Å²) in [5, 5.41) is 6.35. The van der Waals surface area contributed by atoms with Gasteiger partial charge in [-0.1, -0.05) is 50.6 Å². The lowest BCUT2D eigenvalue weighted by molar-refractivity contribution is -0.122. The predicted molar refractivity (Wildman–Crippen MR) is 87.5 cm³/mol. The molecule has 20 heavy (non-hydrogen) atoms. The quantitative estimate of drug-likeness (QED) is 0.774. The SMILES string of the molecule is CCCC(C(=O)NC[C@@H](C)NCC)c1ccccc1.Cl. The molecule has 0 aromatic heterocycles. The Morgan fingerprint density at radius 3 is 2.40 bits per heavy atom. The van der Waals surface area contributed by atoms with E-state index in [2.05, 4.69) is 31.4 Å². The lowest BCUT2D eigenvalue weighted by atomic mass is 9.93. The normalized spacial score (nSPS) is 13.2. The summed E-state index contributed by atoms with van der Waals surface area (Å²) < 4.78 is 0. The zero-order chi connectivity index (χ0) is 14.1. The molecule has 0 aliphatic heterocycles. The highest BCUT2D eigenvalue weighted by Crippen LogP contribution is 2.21. The van der Waals surface area contributed by atoms with Crippen LogP contribution in [0.2, 0.25) is 0 Å². The molecule has 1 aromatic carbocycles. The van der Waals surface area contributed by atoms with Crippen LogP contribution in [-0.4, -0.2) is 25.0 Å². The van der Waals surface area contributed by atoms with E-state index in [0.717, 1.165) is 24.9 Å². The molecule has 1 amide bonds. The van der Waals surface area contributed by atoms with E-state index in [1.807, 2.05) is 30.3 Å². The van der Waals surface area contributed by atoms with E-state index in [1.54, 1.807) is 0 Å². The number of nitrogens with one attached hydrogen (secondary N) is 2. The maximum Gasteiger partial charge on any atom is 0.227 e. The van der Waals surface area contributed by atoms with Crippen molar-refractivity contribution in [1.29, 1.82) is 0 Å². The van der Waals surface area contributed by atoms with Crippen molar-refractivity contribution in [1.82, 2.24) is 10.6 Å². The number of amides is 1. The average Bonchev–Trinajstić information content (AvgIpc) is 2.43. The number of likely N-dealkylation sites (N-methyl/N-ethyl adjacent to an activating group) is 1. The maximum atomic E-state index is 12.3. The molecule has 2 N–H and O–H groups in total. The molecule has 1 unspecified atom stereocenters. The van der Waals surface area contributed by atoms with Crippen LogP contribution in [0.1, 0.15) is 45.1 Å². The van der Waals surface area contributed by atoms with Crippen LogP contribution in [0, 0.1) is 0 Å². The minimum Gasteiger partial charge on any atom is -0.354 e. The van der Waals surface area contributed by atoms with Crippen LogP contribution in [0.4, 0.5) is 0 Å². The van der Waals surface area contributed by atoms with Crippen molar-refractivity contribution in [3.63, 3.8) is 0 Å². The predicted octanol–water partition coefficient (Wildman–Crippen LogP) is 3.11. The van der Waals surface area contributed by atoms with Crippen LogP contribution < -0.4 is 10.6 Å². The Morgan fingerprint density at radius 1 is 1.20 bits per heavy atom. The minimum absolute atomic E-state index is 0. The standard InChI is InChI=1S/C16H26N2O.ClH/c1-4-9-15(14-10-7-6-8-11-14)16(19)18-12-13(3)17-5-2;/h6-8,10-11,13,15,17H,4-5,9,12H2,1-3H3,(H,18,19);1H/t13-,15?;/m1./s1. The second-order valence-electron chi connectivity index (χ2n) is 4.96. The van der Waals surface area contributed by atoms with Gasteiger partial charge in [-0.25, -0.2) is 0 Å². The third kappa shape index (κ3) is 6.40. The number of carbonyl (C=O) groups excluding carboxylic acids is 1. The third-order valence-electron chi connectivity index (χ3n) is 3.23. The molecule has 0 bridgehead atoms. The third-order valence-corrected chi connectivity index (χ3v) is 3.23. The lowest BCUT2D eigenvalue weighted by Crippen LogP contribution is -2.40. The average molecular weight is 299 g/mol. The fraction of sp³-hybridized carbons (Fsp3) is 0.562. The van der Waals surface area contributed by atoms with Gasteiger partial charge in [-0.05, 0) is 25.5 Å². The molecule has 0 heterocycles. The van der Waals surface area contributed by atoms with Gasteiger partial charge in [0.2, 0.25) is 5.91 Å². The second kappa shape index (κ2) is 10.7. The Bertz CT molecular complexity index is 370. The maximum absolute atomic E-state index is 12.3. The molecule has 0 saturated carbocycles. The fourth-order valence-electron chi connectivity index (χ4n) is 2.22. The van der Waals surface area contributed by atoms with E-state index < -0.39 is 0 Å². The molecule has 2 atom stereocenters. The van der Waals surface area contributed by atoms with Gasteiger partial charge >= 0.3 is 0 Å². The Morgan fingerprint density at radius 2 is 1.85 bits per heavy atom. The molecule has 1 aromatic rings. The van der Waals surface area contributed by atoms with Crippen LogP contribution in [-0.2, 0) is 4.79 Å². The topological polar surface area (TPSA) is 41.1 Å². The van der Waals surface area contributed by atoms with Gasteiger partial charge in [-0.15, -0.1) is 12.4 Å². The number of halogens is 1. The molecular weight excluding hydrogens is 272 g/mol. The van der Waals surface area contributed by atoms with Gasteiger partial charge in [-0.3, -0.25) is 4.79 Å². The Kier molecular flexibility index (Phi) is 10.1. The molecule has 3 nitrogen and oxygen atoms in total. The summed E-state index contributed by atoms with van der Waals surface area (Å²) in [7, 11) is 0. The number of hydrogen-bond donors (Lipinski definition) is 2. The van der Waals surface area contributed by atoms with Crippen LogP contribution in [0.15, 0.2) is 30.3 Å². The molecular formula is C16H27ClN2O. The van der Waals surface area contributed by atoms with Crippen molar-refractivity contribution in [3.05, 3.63) is 35.9 Å². The first kappa shape index (κ1) is 18.9. The molecule has 0 radical (unpaired) electrons. The van der Waals surface area contributed by atoms with E-state index >= 15 is 0 Å². The Balaban J connectivity index is 0.00000361. The largest absolute Gasteiger partial charge is 0.354 e. The fourth-order valence-corrected chi connectivity index (χ4v) is 2.22. The number of rotatable bonds is 8. The highest BCUT2D eigenvalue weighted by atomic mass is 35.5. The van der Waals surface area contributed by atoms with Crippen molar-refractivity contribution < 1.29 is 4.79 Å². The molecule has 1 rings (SSSR count). The molecule has 114 valence electrons. The van der Waals surface area contributed by atoms with Gasteiger partial charge in [0, 0.05) is 12.6 Å². The van der Waals surface area contributed by atoms with E-state index in [-0.39, 0.29) is 24.2 Å². The number of hydrogen-bond acceptors (Lipinski definition) is 2. The van der Waals surface area contributed by atoms with Gasteiger partial charge in [-0.2, -0.15) is 0 Å². The zero-order valence-corrected chi connectivity index (χ0v) is 13.5. The summed E-state index contributed by atoms with van der Waals surface area (Å²) in [4.78, 5) is 12.3. The second-order valence-corrected chi connectivity index (χ2v) is 4.96. The van der Waals surface area contributed by atoms with Crippen LogP contribution >= 0.6 is 12.4 Å². The number of benzene rings is 1. The minimum atomic E-state index is -0.0278. The Labute approximate surface area is 128 Å². The molecule has 0 aliphatic rings. The van der Waals surface area contributed by atoms with Gasteiger partial charge in [0.1, 0.15) is 0 Å². The summed E-state index contributed by atoms with van der Waals surface area (Å²) in [6.07, 6.45) is 1.90. The zero-order valence-electron chi connectivity index (χ0n) is 12.7. The van der Waals surface area contributed by atoms with E-state index in [1.165, 1.54) is 0 Å². The summed E-state index contributed by atoms with van der Waals surface area (Å²) in [6.45, 7) is 7.88. The number of carbonyl (C=O) groups is 1. The van der Waals surface area contributed by atoms with Crippen LogP contribution in [0.25, 0.3) is 0 Å². The van der Waals surface area contributed by atoms with Crippen molar-refractivity contribution in [2.75, 3.05) is 13.1 Å². The first-order valence-electron chi connectivity index (χ1n) is 7.25.